The molecule has 2 nitrogen and oxygen atoms in total. The molecule has 0 aromatic heterocycles. The molecule has 1 atom stereocenters. The Morgan fingerprint density at radius 1 is 1.05 bits per heavy atom. The standard InChI is InChI=1S/C17H31N2/c1-5-7-11-14-18-17(6-2)19(3,4)15-16-12-9-8-10-13-16/h8-10,12-13,17-18H,5-7,11,14-15H2,1-4H3/q+1. The SMILES string of the molecule is CCCCCNC(CC)[N+](C)(C)Cc1ccccc1. The van der Waals surface area contributed by atoms with Gasteiger partial charge in [-0.1, -0.05) is 57.0 Å². The molecule has 1 unspecified atom stereocenters. The van der Waals surface area contributed by atoms with E-state index in [0.717, 1.165) is 17.6 Å². The fourth-order valence-electron chi connectivity index (χ4n) is 2.69. The molecule has 0 radical (unpaired) electrons. The Labute approximate surface area is 119 Å². The van der Waals surface area contributed by atoms with Crippen LogP contribution in [0.4, 0.5) is 0 Å². The van der Waals surface area contributed by atoms with Crippen LogP contribution in [-0.4, -0.2) is 31.3 Å². The van der Waals surface area contributed by atoms with Crippen molar-refractivity contribution in [3.05, 3.63) is 35.9 Å². The summed E-state index contributed by atoms with van der Waals surface area (Å²) in [6.07, 6.45) is 5.62. The van der Waals surface area contributed by atoms with E-state index in [1.54, 1.807) is 0 Å². The summed E-state index contributed by atoms with van der Waals surface area (Å²) in [6.45, 7) is 6.76. The van der Waals surface area contributed by atoms with Crippen LogP contribution in [0.5, 0.6) is 0 Å². The molecule has 0 saturated heterocycles. The first-order chi connectivity index (χ1) is 9.10. The average molecular weight is 263 g/mol. The molecule has 0 fully saturated rings. The van der Waals surface area contributed by atoms with Crippen molar-refractivity contribution < 1.29 is 4.48 Å². The number of hydrogen-bond donors (Lipinski definition) is 1. The molecule has 0 bridgehead atoms. The molecule has 0 heterocycles. The number of rotatable bonds is 9. The lowest BCUT2D eigenvalue weighted by atomic mass is 10.1. The predicted molar refractivity (Wildman–Crippen MR) is 83.9 cm³/mol. The van der Waals surface area contributed by atoms with Crippen LogP contribution in [-0.2, 0) is 6.54 Å². The second-order valence-corrected chi connectivity index (χ2v) is 6.01. The Bertz CT molecular complexity index is 332. The second kappa shape index (κ2) is 8.34. The first-order valence-corrected chi connectivity index (χ1v) is 7.70. The third kappa shape index (κ3) is 5.75. The zero-order valence-electron chi connectivity index (χ0n) is 13.2. The Balaban J connectivity index is 2.52. The van der Waals surface area contributed by atoms with Crippen molar-refractivity contribution in [3.8, 4) is 0 Å². The molecule has 0 aliphatic rings. The second-order valence-electron chi connectivity index (χ2n) is 6.01. The van der Waals surface area contributed by atoms with Crippen molar-refractivity contribution in [2.45, 2.75) is 52.2 Å². The molecule has 108 valence electrons. The summed E-state index contributed by atoms with van der Waals surface area (Å²) in [5.41, 5.74) is 1.42. The van der Waals surface area contributed by atoms with E-state index in [1.807, 2.05) is 0 Å². The summed E-state index contributed by atoms with van der Waals surface area (Å²) in [5.74, 6) is 0. The van der Waals surface area contributed by atoms with E-state index in [2.05, 4.69) is 63.6 Å². The summed E-state index contributed by atoms with van der Waals surface area (Å²) in [4.78, 5) is 0. The van der Waals surface area contributed by atoms with Crippen molar-refractivity contribution in [1.29, 1.82) is 0 Å². The minimum atomic E-state index is 0.539. The van der Waals surface area contributed by atoms with Crippen molar-refractivity contribution in [1.82, 2.24) is 5.32 Å². The van der Waals surface area contributed by atoms with E-state index < -0.39 is 0 Å². The van der Waals surface area contributed by atoms with Gasteiger partial charge < -0.3 is 4.48 Å². The average Bonchev–Trinajstić information content (AvgIpc) is 2.39. The lowest BCUT2D eigenvalue weighted by Gasteiger charge is -2.38. The predicted octanol–water partition coefficient (Wildman–Crippen LogP) is 3.78. The zero-order valence-corrected chi connectivity index (χ0v) is 13.2. The molecule has 1 N–H and O–H groups in total. The van der Waals surface area contributed by atoms with Gasteiger partial charge in [0.2, 0.25) is 0 Å². The fourth-order valence-corrected chi connectivity index (χ4v) is 2.69. The minimum Gasteiger partial charge on any atom is -0.310 e. The maximum Gasteiger partial charge on any atom is 0.142 e. The van der Waals surface area contributed by atoms with E-state index in [4.69, 9.17) is 0 Å². The van der Waals surface area contributed by atoms with Gasteiger partial charge in [0.05, 0.1) is 14.1 Å². The first-order valence-electron chi connectivity index (χ1n) is 7.70. The highest BCUT2D eigenvalue weighted by molar-refractivity contribution is 5.13. The van der Waals surface area contributed by atoms with Crippen LogP contribution in [0.25, 0.3) is 0 Å². The smallest absolute Gasteiger partial charge is 0.142 e. The van der Waals surface area contributed by atoms with Crippen LogP contribution in [0.3, 0.4) is 0 Å². The zero-order chi connectivity index (χ0) is 14.1. The Morgan fingerprint density at radius 2 is 1.74 bits per heavy atom. The quantitative estimate of drug-likeness (QED) is 0.406. The topological polar surface area (TPSA) is 12.0 Å². The van der Waals surface area contributed by atoms with E-state index in [9.17, 15) is 0 Å². The van der Waals surface area contributed by atoms with Gasteiger partial charge in [-0.25, -0.2) is 0 Å². The van der Waals surface area contributed by atoms with E-state index in [-0.39, 0.29) is 0 Å². The molecule has 0 spiro atoms. The van der Waals surface area contributed by atoms with Crippen LogP contribution in [0.2, 0.25) is 0 Å². The molecule has 19 heavy (non-hydrogen) atoms. The van der Waals surface area contributed by atoms with Crippen LogP contribution >= 0.6 is 0 Å². The van der Waals surface area contributed by atoms with Crippen molar-refractivity contribution >= 4 is 0 Å². The van der Waals surface area contributed by atoms with Crippen LogP contribution in [0.15, 0.2) is 30.3 Å². The summed E-state index contributed by atoms with van der Waals surface area (Å²) in [6, 6.07) is 10.8. The molecular weight excluding hydrogens is 232 g/mol. The normalized spacial score (nSPS) is 13.5. The third-order valence-corrected chi connectivity index (χ3v) is 3.82. The van der Waals surface area contributed by atoms with Gasteiger partial charge in [0.25, 0.3) is 0 Å². The highest BCUT2D eigenvalue weighted by atomic mass is 15.4. The van der Waals surface area contributed by atoms with Gasteiger partial charge in [-0.3, -0.25) is 5.32 Å². The number of quaternary nitrogens is 1. The molecule has 0 saturated carbocycles. The van der Waals surface area contributed by atoms with Gasteiger partial charge in [0, 0.05) is 18.5 Å². The Kier molecular flexibility index (Phi) is 7.11. The number of benzene rings is 1. The van der Waals surface area contributed by atoms with Crippen LogP contribution < -0.4 is 5.32 Å². The molecule has 1 rings (SSSR count). The highest BCUT2D eigenvalue weighted by Crippen LogP contribution is 2.14. The van der Waals surface area contributed by atoms with Crippen molar-refractivity contribution in [3.63, 3.8) is 0 Å². The molecule has 1 aromatic rings. The Hall–Kier alpha value is -0.860. The molecule has 2 heteroatoms. The number of hydrogen-bond acceptors (Lipinski definition) is 1. The lowest BCUT2D eigenvalue weighted by Crippen LogP contribution is -2.55. The van der Waals surface area contributed by atoms with E-state index in [0.29, 0.717) is 6.17 Å². The van der Waals surface area contributed by atoms with Crippen molar-refractivity contribution in [2.75, 3.05) is 20.6 Å². The molecule has 0 aliphatic carbocycles. The van der Waals surface area contributed by atoms with E-state index in [1.165, 1.54) is 31.2 Å². The van der Waals surface area contributed by atoms with E-state index >= 15 is 0 Å². The fraction of sp³-hybridized carbons (Fsp3) is 0.647. The maximum atomic E-state index is 3.74. The first kappa shape index (κ1) is 16.2. The molecular formula is C17H31N2+. The third-order valence-electron chi connectivity index (χ3n) is 3.82. The summed E-state index contributed by atoms with van der Waals surface area (Å²) < 4.78 is 1.01. The monoisotopic (exact) mass is 263 g/mol. The molecule has 1 aromatic carbocycles. The number of nitrogens with one attached hydrogen (secondary N) is 1. The van der Waals surface area contributed by atoms with Crippen LogP contribution in [0.1, 0.15) is 45.1 Å². The summed E-state index contributed by atoms with van der Waals surface area (Å²) in [7, 11) is 4.65. The van der Waals surface area contributed by atoms with Gasteiger partial charge in [0.1, 0.15) is 12.7 Å². The number of unbranched alkanes of at least 4 members (excludes halogenated alkanes) is 2. The molecule has 0 aliphatic heterocycles. The largest absolute Gasteiger partial charge is 0.310 e. The van der Waals surface area contributed by atoms with Crippen molar-refractivity contribution in [2.24, 2.45) is 0 Å². The van der Waals surface area contributed by atoms with Crippen LogP contribution in [0, 0.1) is 0 Å². The van der Waals surface area contributed by atoms with Gasteiger partial charge in [-0.05, 0) is 6.42 Å². The maximum absolute atomic E-state index is 3.74. The summed E-state index contributed by atoms with van der Waals surface area (Å²) in [5, 5.41) is 3.74. The van der Waals surface area contributed by atoms with Gasteiger partial charge in [-0.15, -0.1) is 0 Å². The van der Waals surface area contributed by atoms with Gasteiger partial charge in [0.15, 0.2) is 0 Å². The minimum absolute atomic E-state index is 0.539. The summed E-state index contributed by atoms with van der Waals surface area (Å²) >= 11 is 0. The van der Waals surface area contributed by atoms with Gasteiger partial charge in [-0.2, -0.15) is 0 Å². The number of nitrogens with zero attached hydrogens (tertiary/aromatic N) is 1. The van der Waals surface area contributed by atoms with Gasteiger partial charge >= 0.3 is 0 Å². The molecule has 0 amide bonds. The Morgan fingerprint density at radius 3 is 2.32 bits per heavy atom. The lowest BCUT2D eigenvalue weighted by molar-refractivity contribution is -0.931. The highest BCUT2D eigenvalue weighted by Gasteiger charge is 2.26.